The van der Waals surface area contributed by atoms with E-state index >= 15 is 0 Å². The van der Waals surface area contributed by atoms with Gasteiger partial charge in [-0.05, 0) is 31.0 Å². The summed E-state index contributed by atoms with van der Waals surface area (Å²) in [6.45, 7) is 3.94. The van der Waals surface area contributed by atoms with Crippen molar-refractivity contribution in [3.8, 4) is 5.75 Å². The molecule has 4 heteroatoms. The first-order valence-electron chi connectivity index (χ1n) is 6.02. The second-order valence-corrected chi connectivity index (χ2v) is 5.08. The third-order valence-electron chi connectivity index (χ3n) is 2.86. The molecule has 0 saturated heterocycles. The third kappa shape index (κ3) is 3.55. The van der Waals surface area contributed by atoms with Crippen LogP contribution < -0.4 is 10.1 Å². The van der Waals surface area contributed by atoms with Crippen LogP contribution in [0.2, 0.25) is 0 Å². The van der Waals surface area contributed by atoms with Crippen molar-refractivity contribution in [1.82, 2.24) is 10.3 Å². The number of hydrogen-bond donors (Lipinski definition) is 1. The fraction of sp³-hybridized carbons (Fsp3) is 0.357. The zero-order chi connectivity index (χ0) is 12.8. The SMILES string of the molecule is COc1ccc(CNCCc2scnc2C)cc1. The van der Waals surface area contributed by atoms with E-state index in [-0.39, 0.29) is 0 Å². The molecule has 3 nitrogen and oxygen atoms in total. The Morgan fingerprint density at radius 3 is 2.67 bits per heavy atom. The molecule has 2 rings (SSSR count). The smallest absolute Gasteiger partial charge is 0.118 e. The monoisotopic (exact) mass is 262 g/mol. The quantitative estimate of drug-likeness (QED) is 0.813. The van der Waals surface area contributed by atoms with Crippen molar-refractivity contribution < 1.29 is 4.74 Å². The van der Waals surface area contributed by atoms with Crippen LogP contribution in [0.5, 0.6) is 5.75 Å². The lowest BCUT2D eigenvalue weighted by atomic mass is 10.2. The Kier molecular flexibility index (Phi) is 4.73. The summed E-state index contributed by atoms with van der Waals surface area (Å²) in [6.07, 6.45) is 1.05. The molecule has 1 aromatic carbocycles. The van der Waals surface area contributed by atoms with E-state index in [1.807, 2.05) is 17.6 Å². The molecule has 0 spiro atoms. The molecule has 2 aromatic rings. The van der Waals surface area contributed by atoms with Crippen molar-refractivity contribution >= 4 is 11.3 Å². The molecule has 0 aliphatic rings. The van der Waals surface area contributed by atoms with Gasteiger partial charge in [-0.25, -0.2) is 4.98 Å². The number of benzene rings is 1. The lowest BCUT2D eigenvalue weighted by Crippen LogP contribution is -2.16. The second-order valence-electron chi connectivity index (χ2n) is 4.14. The molecular weight excluding hydrogens is 244 g/mol. The summed E-state index contributed by atoms with van der Waals surface area (Å²) in [5.74, 6) is 0.902. The minimum atomic E-state index is 0.891. The Morgan fingerprint density at radius 1 is 1.28 bits per heavy atom. The van der Waals surface area contributed by atoms with Crippen LogP contribution >= 0.6 is 11.3 Å². The van der Waals surface area contributed by atoms with Gasteiger partial charge in [0.05, 0.1) is 18.3 Å². The summed E-state index contributed by atoms with van der Waals surface area (Å²) in [4.78, 5) is 5.62. The average Bonchev–Trinajstić information content (AvgIpc) is 2.81. The van der Waals surface area contributed by atoms with E-state index in [9.17, 15) is 0 Å². The summed E-state index contributed by atoms with van der Waals surface area (Å²) < 4.78 is 5.13. The van der Waals surface area contributed by atoms with Crippen molar-refractivity contribution in [2.24, 2.45) is 0 Å². The molecule has 0 radical (unpaired) electrons. The standard InChI is InChI=1S/C14H18N2OS/c1-11-14(18-10-16-11)7-8-15-9-12-3-5-13(17-2)6-4-12/h3-6,10,15H,7-9H2,1-2H3. The zero-order valence-electron chi connectivity index (χ0n) is 10.8. The normalized spacial score (nSPS) is 10.6. The summed E-state index contributed by atoms with van der Waals surface area (Å²) >= 11 is 1.73. The third-order valence-corrected chi connectivity index (χ3v) is 3.86. The molecule has 0 saturated carbocycles. The van der Waals surface area contributed by atoms with Gasteiger partial charge in [-0.15, -0.1) is 11.3 Å². The highest BCUT2D eigenvalue weighted by Gasteiger charge is 2.00. The lowest BCUT2D eigenvalue weighted by molar-refractivity contribution is 0.414. The molecule has 0 bridgehead atoms. The summed E-state index contributed by atoms with van der Waals surface area (Å²) in [5.41, 5.74) is 4.34. The van der Waals surface area contributed by atoms with Crippen molar-refractivity contribution in [2.75, 3.05) is 13.7 Å². The molecule has 18 heavy (non-hydrogen) atoms. The van der Waals surface area contributed by atoms with Gasteiger partial charge >= 0.3 is 0 Å². The van der Waals surface area contributed by atoms with Crippen LogP contribution in [-0.2, 0) is 13.0 Å². The number of aryl methyl sites for hydroxylation is 1. The summed E-state index contributed by atoms with van der Waals surface area (Å²) in [6, 6.07) is 8.16. The Morgan fingerprint density at radius 2 is 2.06 bits per heavy atom. The molecule has 1 aromatic heterocycles. The first-order valence-corrected chi connectivity index (χ1v) is 6.90. The molecule has 1 heterocycles. The van der Waals surface area contributed by atoms with E-state index in [1.165, 1.54) is 10.4 Å². The highest BCUT2D eigenvalue weighted by atomic mass is 32.1. The predicted octanol–water partition coefficient (Wildman–Crippen LogP) is 2.79. The van der Waals surface area contributed by atoms with Gasteiger partial charge in [0.1, 0.15) is 5.75 Å². The Hall–Kier alpha value is -1.39. The molecule has 1 N–H and O–H groups in total. The van der Waals surface area contributed by atoms with Gasteiger partial charge in [0.2, 0.25) is 0 Å². The van der Waals surface area contributed by atoms with Gasteiger partial charge < -0.3 is 10.1 Å². The number of rotatable bonds is 6. The maximum Gasteiger partial charge on any atom is 0.118 e. The Labute approximate surface area is 112 Å². The van der Waals surface area contributed by atoms with Gasteiger partial charge in [-0.1, -0.05) is 12.1 Å². The number of nitrogens with zero attached hydrogens (tertiary/aromatic N) is 1. The van der Waals surface area contributed by atoms with Crippen LogP contribution in [0.4, 0.5) is 0 Å². The topological polar surface area (TPSA) is 34.1 Å². The largest absolute Gasteiger partial charge is 0.497 e. The number of nitrogens with one attached hydrogen (secondary N) is 1. The van der Waals surface area contributed by atoms with Gasteiger partial charge in [-0.3, -0.25) is 0 Å². The summed E-state index contributed by atoms with van der Waals surface area (Å²) in [7, 11) is 1.69. The molecule has 0 unspecified atom stereocenters. The van der Waals surface area contributed by atoms with Crippen LogP contribution in [0.25, 0.3) is 0 Å². The van der Waals surface area contributed by atoms with Crippen molar-refractivity contribution in [3.63, 3.8) is 0 Å². The molecule has 0 aliphatic heterocycles. The molecule has 0 aliphatic carbocycles. The van der Waals surface area contributed by atoms with Gasteiger partial charge in [-0.2, -0.15) is 0 Å². The fourth-order valence-electron chi connectivity index (χ4n) is 1.74. The summed E-state index contributed by atoms with van der Waals surface area (Å²) in [5, 5.41) is 3.44. The number of ether oxygens (including phenoxy) is 1. The molecule has 0 atom stereocenters. The molecule has 96 valence electrons. The van der Waals surface area contributed by atoms with Crippen LogP contribution in [0.15, 0.2) is 29.8 Å². The van der Waals surface area contributed by atoms with Gasteiger partial charge in [0.25, 0.3) is 0 Å². The maximum absolute atomic E-state index is 5.13. The van der Waals surface area contributed by atoms with E-state index in [0.29, 0.717) is 0 Å². The van der Waals surface area contributed by atoms with Crippen LogP contribution in [0, 0.1) is 6.92 Å². The van der Waals surface area contributed by atoms with Gasteiger partial charge in [0.15, 0.2) is 0 Å². The van der Waals surface area contributed by atoms with E-state index in [2.05, 4.69) is 29.4 Å². The number of methoxy groups -OCH3 is 1. The number of hydrogen-bond acceptors (Lipinski definition) is 4. The minimum absolute atomic E-state index is 0.891. The molecule has 0 amide bonds. The molecule has 0 fully saturated rings. The lowest BCUT2D eigenvalue weighted by Gasteiger charge is -2.05. The predicted molar refractivity (Wildman–Crippen MR) is 75.3 cm³/mol. The van der Waals surface area contributed by atoms with Gasteiger partial charge in [0, 0.05) is 18.0 Å². The average molecular weight is 262 g/mol. The van der Waals surface area contributed by atoms with Crippen molar-refractivity contribution in [3.05, 3.63) is 45.9 Å². The van der Waals surface area contributed by atoms with Crippen LogP contribution in [0.3, 0.4) is 0 Å². The first kappa shape index (κ1) is 13.1. The van der Waals surface area contributed by atoms with E-state index in [4.69, 9.17) is 4.74 Å². The second kappa shape index (κ2) is 6.52. The fourth-order valence-corrected chi connectivity index (χ4v) is 2.53. The van der Waals surface area contributed by atoms with Crippen molar-refractivity contribution in [2.45, 2.75) is 19.9 Å². The van der Waals surface area contributed by atoms with Crippen LogP contribution in [-0.4, -0.2) is 18.6 Å². The van der Waals surface area contributed by atoms with E-state index in [1.54, 1.807) is 18.4 Å². The maximum atomic E-state index is 5.13. The Bertz CT molecular complexity index is 479. The van der Waals surface area contributed by atoms with Crippen molar-refractivity contribution in [1.29, 1.82) is 0 Å². The zero-order valence-corrected chi connectivity index (χ0v) is 11.6. The highest BCUT2D eigenvalue weighted by Crippen LogP contribution is 2.13. The molecular formula is C14H18N2OS. The van der Waals surface area contributed by atoms with E-state index < -0.39 is 0 Å². The highest BCUT2D eigenvalue weighted by molar-refractivity contribution is 7.09. The van der Waals surface area contributed by atoms with Crippen LogP contribution in [0.1, 0.15) is 16.1 Å². The first-order chi connectivity index (χ1) is 8.79. The Balaban J connectivity index is 1.73. The number of aromatic nitrogens is 1. The minimum Gasteiger partial charge on any atom is -0.497 e. The van der Waals surface area contributed by atoms with E-state index in [0.717, 1.165) is 31.0 Å². The number of thiazole rings is 1.